The number of carbonyl (C=O) groups is 3. The average Bonchev–Trinajstić information content (AvgIpc) is 2.83. The maximum Gasteiger partial charge on any atom is 0.340 e. The Kier molecular flexibility index (Phi) is 13.0. The van der Waals surface area contributed by atoms with Crippen molar-refractivity contribution in [3.05, 3.63) is 58.6 Å². The van der Waals surface area contributed by atoms with Gasteiger partial charge in [-0.25, -0.2) is 4.79 Å². The second kappa shape index (κ2) is 16.0. The molecule has 2 aromatic rings. The fourth-order valence-electron chi connectivity index (χ4n) is 3.52. The van der Waals surface area contributed by atoms with Gasteiger partial charge in [-0.15, -0.1) is 0 Å². The molecule has 0 aliphatic heterocycles. The van der Waals surface area contributed by atoms with Crippen LogP contribution in [-0.2, 0) is 14.3 Å². The number of esters is 1. The average molecular weight is 531 g/mol. The molecule has 0 bridgehead atoms. The van der Waals surface area contributed by atoms with E-state index in [4.69, 9.17) is 4.74 Å². The van der Waals surface area contributed by atoms with E-state index in [1.54, 1.807) is 48.5 Å². The number of anilines is 2. The molecule has 0 aliphatic rings. The summed E-state index contributed by atoms with van der Waals surface area (Å²) in [5, 5.41) is 5.47. The molecule has 2 amide bonds. The fraction of sp³-hybridized carbons (Fsp3) is 0.444. The second-order valence-electron chi connectivity index (χ2n) is 8.30. The van der Waals surface area contributed by atoms with Gasteiger partial charge in [-0.2, -0.15) is 0 Å². The molecule has 184 valence electrons. The van der Waals surface area contributed by atoms with E-state index in [2.05, 4.69) is 33.5 Å². The molecule has 0 saturated heterocycles. The van der Waals surface area contributed by atoms with Crippen molar-refractivity contribution in [2.24, 2.45) is 0 Å². The Bertz CT molecular complexity index is 915. The summed E-state index contributed by atoms with van der Waals surface area (Å²) in [5.74, 6) is -1.23. The number of halogens is 1. The molecule has 0 atom stereocenters. The van der Waals surface area contributed by atoms with Crippen molar-refractivity contribution in [3.8, 4) is 0 Å². The van der Waals surface area contributed by atoms with Crippen LogP contribution in [0, 0.1) is 0 Å². The first-order valence-corrected chi connectivity index (χ1v) is 12.9. The van der Waals surface area contributed by atoms with Crippen LogP contribution in [0.2, 0.25) is 0 Å². The van der Waals surface area contributed by atoms with Crippen molar-refractivity contribution in [1.29, 1.82) is 0 Å². The van der Waals surface area contributed by atoms with Gasteiger partial charge >= 0.3 is 5.97 Å². The van der Waals surface area contributed by atoms with Crippen LogP contribution >= 0.6 is 15.9 Å². The van der Waals surface area contributed by atoms with Gasteiger partial charge in [0.2, 0.25) is 5.91 Å². The molecule has 0 aliphatic carbocycles. The summed E-state index contributed by atoms with van der Waals surface area (Å²) in [6.07, 6.45) is 11.1. The summed E-state index contributed by atoms with van der Waals surface area (Å²) in [6.45, 7) is 1.80. The molecule has 0 fully saturated rings. The van der Waals surface area contributed by atoms with Crippen LogP contribution in [0.5, 0.6) is 0 Å². The highest BCUT2D eigenvalue weighted by Crippen LogP contribution is 2.18. The normalized spacial score (nSPS) is 10.5. The minimum absolute atomic E-state index is 0.129. The van der Waals surface area contributed by atoms with Gasteiger partial charge in [0.05, 0.1) is 11.3 Å². The number of rotatable bonds is 15. The van der Waals surface area contributed by atoms with Crippen molar-refractivity contribution in [3.63, 3.8) is 0 Å². The molecule has 0 heterocycles. The van der Waals surface area contributed by atoms with E-state index < -0.39 is 18.5 Å². The lowest BCUT2D eigenvalue weighted by atomic mass is 10.1. The Labute approximate surface area is 211 Å². The van der Waals surface area contributed by atoms with Gasteiger partial charge in [-0.05, 0) is 42.8 Å². The van der Waals surface area contributed by atoms with E-state index in [-0.39, 0.29) is 11.5 Å². The van der Waals surface area contributed by atoms with Crippen molar-refractivity contribution < 1.29 is 19.1 Å². The monoisotopic (exact) mass is 530 g/mol. The number of unbranched alkanes of at least 4 members (excludes halogenated alkanes) is 8. The van der Waals surface area contributed by atoms with Crippen LogP contribution in [0.3, 0.4) is 0 Å². The summed E-state index contributed by atoms with van der Waals surface area (Å²) in [4.78, 5) is 37.0. The standard InChI is InChI=1S/C27H35BrN2O4/c1-2-3-4-5-6-7-8-9-10-15-25(31)30-24-14-12-11-13-23(24)27(33)34-20-26(32)29-22-18-16-21(28)17-19-22/h11-14,16-19H,2-10,15,20H2,1H3,(H,29,32)(H,30,31). The molecule has 6 nitrogen and oxygen atoms in total. The van der Waals surface area contributed by atoms with Gasteiger partial charge in [0.1, 0.15) is 0 Å². The zero-order valence-electron chi connectivity index (χ0n) is 19.9. The minimum atomic E-state index is -0.662. The van der Waals surface area contributed by atoms with Crippen molar-refractivity contribution in [2.45, 2.75) is 71.1 Å². The molecular weight excluding hydrogens is 496 g/mol. The summed E-state index contributed by atoms with van der Waals surface area (Å²) in [6, 6.07) is 13.7. The first-order chi connectivity index (χ1) is 16.5. The molecule has 34 heavy (non-hydrogen) atoms. The summed E-state index contributed by atoms with van der Waals surface area (Å²) in [7, 11) is 0. The van der Waals surface area contributed by atoms with Gasteiger partial charge in [0, 0.05) is 16.6 Å². The first kappa shape index (κ1) is 27.6. The lowest BCUT2D eigenvalue weighted by Gasteiger charge is -2.11. The SMILES string of the molecule is CCCCCCCCCCCC(=O)Nc1ccccc1C(=O)OCC(=O)Nc1ccc(Br)cc1. The fourth-order valence-corrected chi connectivity index (χ4v) is 3.78. The Morgan fingerprint density at radius 1 is 0.765 bits per heavy atom. The van der Waals surface area contributed by atoms with Gasteiger partial charge in [0.25, 0.3) is 5.91 Å². The maximum atomic E-state index is 12.5. The van der Waals surface area contributed by atoms with E-state index in [0.29, 0.717) is 17.8 Å². The van der Waals surface area contributed by atoms with E-state index >= 15 is 0 Å². The van der Waals surface area contributed by atoms with Gasteiger partial charge in [0.15, 0.2) is 6.61 Å². The van der Waals surface area contributed by atoms with Crippen LogP contribution in [0.1, 0.15) is 81.5 Å². The predicted molar refractivity (Wildman–Crippen MR) is 140 cm³/mol. The molecule has 2 N–H and O–H groups in total. The molecule has 0 unspecified atom stereocenters. The highest BCUT2D eigenvalue weighted by molar-refractivity contribution is 9.10. The Morgan fingerprint density at radius 2 is 1.38 bits per heavy atom. The highest BCUT2D eigenvalue weighted by atomic mass is 79.9. The van der Waals surface area contributed by atoms with Crippen molar-refractivity contribution in [1.82, 2.24) is 0 Å². The van der Waals surface area contributed by atoms with Crippen LogP contribution in [-0.4, -0.2) is 24.4 Å². The molecule has 7 heteroatoms. The molecule has 0 aromatic heterocycles. The van der Waals surface area contributed by atoms with Crippen LogP contribution < -0.4 is 10.6 Å². The van der Waals surface area contributed by atoms with Gasteiger partial charge in [-0.3, -0.25) is 9.59 Å². The molecule has 2 rings (SSSR count). The zero-order valence-corrected chi connectivity index (χ0v) is 21.5. The number of amides is 2. The third kappa shape index (κ3) is 11.0. The summed E-state index contributed by atoms with van der Waals surface area (Å²) < 4.78 is 6.05. The maximum absolute atomic E-state index is 12.5. The van der Waals surface area contributed by atoms with E-state index in [1.807, 2.05) is 0 Å². The summed E-state index contributed by atoms with van der Waals surface area (Å²) in [5.41, 5.74) is 1.22. The van der Waals surface area contributed by atoms with Crippen LogP contribution in [0.15, 0.2) is 53.0 Å². The topological polar surface area (TPSA) is 84.5 Å². The van der Waals surface area contributed by atoms with E-state index in [9.17, 15) is 14.4 Å². The van der Waals surface area contributed by atoms with Crippen LogP contribution in [0.4, 0.5) is 11.4 Å². The molecular formula is C27H35BrN2O4. The van der Waals surface area contributed by atoms with E-state index in [0.717, 1.165) is 23.7 Å². The molecule has 0 saturated carbocycles. The van der Waals surface area contributed by atoms with Crippen molar-refractivity contribution in [2.75, 3.05) is 17.2 Å². The number of ether oxygens (including phenoxy) is 1. The Balaban J connectivity index is 1.72. The van der Waals surface area contributed by atoms with Crippen LogP contribution in [0.25, 0.3) is 0 Å². The third-order valence-electron chi connectivity index (χ3n) is 5.39. The quantitative estimate of drug-likeness (QED) is 0.190. The number of hydrogen-bond donors (Lipinski definition) is 2. The minimum Gasteiger partial charge on any atom is -0.452 e. The third-order valence-corrected chi connectivity index (χ3v) is 5.92. The smallest absolute Gasteiger partial charge is 0.340 e. The Morgan fingerprint density at radius 3 is 2.06 bits per heavy atom. The number of benzene rings is 2. The number of para-hydroxylation sites is 1. The number of hydrogen-bond acceptors (Lipinski definition) is 4. The zero-order chi connectivity index (χ0) is 24.6. The predicted octanol–water partition coefficient (Wildman–Crippen LogP) is 7.10. The lowest BCUT2D eigenvalue weighted by molar-refractivity contribution is -0.119. The molecule has 0 spiro atoms. The number of nitrogens with one attached hydrogen (secondary N) is 2. The molecule has 0 radical (unpaired) electrons. The van der Waals surface area contributed by atoms with E-state index in [1.165, 1.54) is 38.5 Å². The summed E-state index contributed by atoms with van der Waals surface area (Å²) >= 11 is 3.33. The van der Waals surface area contributed by atoms with Crippen molar-refractivity contribution >= 4 is 45.1 Å². The highest BCUT2D eigenvalue weighted by Gasteiger charge is 2.16. The number of carbonyl (C=O) groups excluding carboxylic acids is 3. The largest absolute Gasteiger partial charge is 0.452 e. The molecule has 2 aromatic carbocycles. The Hall–Kier alpha value is -2.67. The second-order valence-corrected chi connectivity index (χ2v) is 9.22. The van der Waals surface area contributed by atoms with Gasteiger partial charge < -0.3 is 15.4 Å². The van der Waals surface area contributed by atoms with Gasteiger partial charge in [-0.1, -0.05) is 86.4 Å². The lowest BCUT2D eigenvalue weighted by Crippen LogP contribution is -2.22. The first-order valence-electron chi connectivity index (χ1n) is 12.1.